The third kappa shape index (κ3) is 4.51. The van der Waals surface area contributed by atoms with Crippen molar-refractivity contribution < 1.29 is 13.5 Å². The fraction of sp³-hybridized carbons (Fsp3) is 1.00. The molecule has 0 aromatic carbocycles. The summed E-state index contributed by atoms with van der Waals surface area (Å²) in [5, 5.41) is 9.70. The van der Waals surface area contributed by atoms with Crippen LogP contribution < -0.4 is 0 Å². The van der Waals surface area contributed by atoms with Gasteiger partial charge in [-0.15, -0.1) is 0 Å². The second kappa shape index (κ2) is 5.85. The molecule has 2 atom stereocenters. The van der Waals surface area contributed by atoms with Crippen molar-refractivity contribution in [3.63, 3.8) is 0 Å². The van der Waals surface area contributed by atoms with Crippen molar-refractivity contribution in [1.82, 2.24) is 0 Å². The molecule has 0 aromatic rings. The van der Waals surface area contributed by atoms with Crippen LogP contribution in [0.3, 0.4) is 0 Å². The van der Waals surface area contributed by atoms with Crippen LogP contribution in [0.15, 0.2) is 0 Å². The fourth-order valence-electron chi connectivity index (χ4n) is 2.27. The van der Waals surface area contributed by atoms with E-state index >= 15 is 0 Å². The molecule has 1 aliphatic rings. The minimum atomic E-state index is -2.87. The van der Waals surface area contributed by atoms with E-state index in [-0.39, 0.29) is 23.5 Å². The van der Waals surface area contributed by atoms with Crippen molar-refractivity contribution in [2.24, 2.45) is 5.92 Å². The van der Waals surface area contributed by atoms with Crippen molar-refractivity contribution in [3.8, 4) is 0 Å². The summed E-state index contributed by atoms with van der Waals surface area (Å²) in [5.74, 6) is 0.753. The number of aliphatic hydroxyl groups excluding tert-OH is 1. The standard InChI is InChI=1S/C11H22O3S/c1-2-8-15(13,14)9-7-10-5-3-4-6-11(10)12/h10-12H,2-9H2,1H3. The number of aliphatic hydroxyl groups is 1. The number of hydrogen-bond donors (Lipinski definition) is 1. The van der Waals surface area contributed by atoms with Crippen molar-refractivity contribution in [2.75, 3.05) is 11.5 Å². The monoisotopic (exact) mass is 234 g/mol. The maximum Gasteiger partial charge on any atom is 0.150 e. The second-order valence-electron chi connectivity index (χ2n) is 4.55. The van der Waals surface area contributed by atoms with E-state index in [1.807, 2.05) is 6.92 Å². The maximum absolute atomic E-state index is 11.5. The molecule has 15 heavy (non-hydrogen) atoms. The molecule has 0 radical (unpaired) electrons. The molecule has 0 aromatic heterocycles. The van der Waals surface area contributed by atoms with E-state index < -0.39 is 9.84 Å². The molecule has 0 heterocycles. The molecule has 0 spiro atoms. The van der Waals surface area contributed by atoms with Crippen LogP contribution in [0.25, 0.3) is 0 Å². The van der Waals surface area contributed by atoms with Gasteiger partial charge in [0.25, 0.3) is 0 Å². The Balaban J connectivity index is 2.35. The summed E-state index contributed by atoms with van der Waals surface area (Å²) in [7, 11) is -2.87. The van der Waals surface area contributed by atoms with E-state index in [4.69, 9.17) is 0 Å². The quantitative estimate of drug-likeness (QED) is 0.788. The molecule has 2 unspecified atom stereocenters. The highest BCUT2D eigenvalue weighted by molar-refractivity contribution is 7.91. The third-order valence-corrected chi connectivity index (χ3v) is 5.07. The summed E-state index contributed by atoms with van der Waals surface area (Å²) in [6.45, 7) is 1.88. The summed E-state index contributed by atoms with van der Waals surface area (Å²) < 4.78 is 23.0. The molecule has 1 saturated carbocycles. The van der Waals surface area contributed by atoms with Gasteiger partial charge in [0, 0.05) is 5.75 Å². The first-order valence-electron chi connectivity index (χ1n) is 5.93. The molecular formula is C11H22O3S. The molecule has 1 fully saturated rings. The molecule has 0 saturated heterocycles. The Kier molecular flexibility index (Phi) is 5.06. The Morgan fingerprint density at radius 1 is 1.20 bits per heavy atom. The highest BCUT2D eigenvalue weighted by atomic mass is 32.2. The molecule has 0 bridgehead atoms. The Hall–Kier alpha value is -0.0900. The first-order chi connectivity index (χ1) is 7.05. The minimum absolute atomic E-state index is 0.213. The van der Waals surface area contributed by atoms with Gasteiger partial charge in [0.2, 0.25) is 0 Å². The molecule has 1 rings (SSSR count). The lowest BCUT2D eigenvalue weighted by molar-refractivity contribution is 0.0683. The van der Waals surface area contributed by atoms with Gasteiger partial charge in [-0.25, -0.2) is 8.42 Å². The van der Waals surface area contributed by atoms with Crippen LogP contribution in [0.1, 0.15) is 45.4 Å². The van der Waals surface area contributed by atoms with Crippen LogP contribution in [-0.4, -0.2) is 31.1 Å². The summed E-state index contributed by atoms with van der Waals surface area (Å²) >= 11 is 0. The Morgan fingerprint density at radius 3 is 2.47 bits per heavy atom. The van der Waals surface area contributed by atoms with Gasteiger partial charge in [-0.2, -0.15) is 0 Å². The summed E-state index contributed by atoms with van der Waals surface area (Å²) in [4.78, 5) is 0. The van der Waals surface area contributed by atoms with Gasteiger partial charge >= 0.3 is 0 Å². The summed E-state index contributed by atoms with van der Waals surface area (Å²) in [5.41, 5.74) is 0. The summed E-state index contributed by atoms with van der Waals surface area (Å²) in [6, 6.07) is 0. The zero-order chi connectivity index (χ0) is 11.3. The molecule has 90 valence electrons. The number of rotatable bonds is 5. The van der Waals surface area contributed by atoms with E-state index in [0.29, 0.717) is 12.8 Å². The molecule has 4 heteroatoms. The minimum Gasteiger partial charge on any atom is -0.393 e. The average Bonchev–Trinajstić information content (AvgIpc) is 2.16. The lowest BCUT2D eigenvalue weighted by Gasteiger charge is -2.27. The number of sulfone groups is 1. The zero-order valence-electron chi connectivity index (χ0n) is 9.48. The van der Waals surface area contributed by atoms with Gasteiger partial charge in [-0.1, -0.05) is 19.8 Å². The van der Waals surface area contributed by atoms with E-state index in [1.54, 1.807) is 0 Å². The van der Waals surface area contributed by atoms with Crippen LogP contribution in [0.4, 0.5) is 0 Å². The highest BCUT2D eigenvalue weighted by Crippen LogP contribution is 2.27. The average molecular weight is 234 g/mol. The second-order valence-corrected chi connectivity index (χ2v) is 6.86. The molecule has 1 aliphatic carbocycles. The first kappa shape index (κ1) is 13.0. The van der Waals surface area contributed by atoms with Gasteiger partial charge in [0.15, 0.2) is 0 Å². The van der Waals surface area contributed by atoms with Gasteiger partial charge in [0.05, 0.1) is 11.9 Å². The van der Waals surface area contributed by atoms with Crippen LogP contribution in [-0.2, 0) is 9.84 Å². The van der Waals surface area contributed by atoms with Crippen molar-refractivity contribution in [1.29, 1.82) is 0 Å². The lowest BCUT2D eigenvalue weighted by atomic mass is 9.85. The third-order valence-electron chi connectivity index (χ3n) is 3.18. The molecule has 3 nitrogen and oxygen atoms in total. The topological polar surface area (TPSA) is 54.4 Å². The smallest absolute Gasteiger partial charge is 0.150 e. The van der Waals surface area contributed by atoms with Crippen LogP contribution in [0.5, 0.6) is 0 Å². The van der Waals surface area contributed by atoms with Crippen LogP contribution in [0, 0.1) is 5.92 Å². The molecule has 0 amide bonds. The Bertz CT molecular complexity index is 272. The Labute approximate surface area is 92.8 Å². The summed E-state index contributed by atoms with van der Waals surface area (Å²) in [6.07, 6.45) is 5.12. The van der Waals surface area contributed by atoms with Crippen molar-refractivity contribution in [3.05, 3.63) is 0 Å². The van der Waals surface area contributed by atoms with Crippen LogP contribution in [0.2, 0.25) is 0 Å². The molecule has 0 aliphatic heterocycles. The lowest BCUT2D eigenvalue weighted by Crippen LogP contribution is -2.27. The van der Waals surface area contributed by atoms with Crippen LogP contribution >= 0.6 is 0 Å². The van der Waals surface area contributed by atoms with Gasteiger partial charge in [0.1, 0.15) is 9.84 Å². The van der Waals surface area contributed by atoms with E-state index in [0.717, 1.165) is 25.7 Å². The molecule has 1 N–H and O–H groups in total. The molecular weight excluding hydrogens is 212 g/mol. The van der Waals surface area contributed by atoms with Crippen molar-refractivity contribution >= 4 is 9.84 Å². The predicted octanol–water partition coefficient (Wildman–Crippen LogP) is 1.75. The maximum atomic E-state index is 11.5. The van der Waals surface area contributed by atoms with Gasteiger partial charge in [-0.3, -0.25) is 0 Å². The zero-order valence-corrected chi connectivity index (χ0v) is 10.3. The van der Waals surface area contributed by atoms with Gasteiger partial charge in [-0.05, 0) is 31.6 Å². The normalized spacial score (nSPS) is 27.9. The van der Waals surface area contributed by atoms with E-state index in [1.165, 1.54) is 0 Å². The van der Waals surface area contributed by atoms with E-state index in [2.05, 4.69) is 0 Å². The first-order valence-corrected chi connectivity index (χ1v) is 7.76. The van der Waals surface area contributed by atoms with Gasteiger partial charge < -0.3 is 5.11 Å². The van der Waals surface area contributed by atoms with E-state index in [9.17, 15) is 13.5 Å². The largest absolute Gasteiger partial charge is 0.393 e. The predicted molar refractivity (Wildman–Crippen MR) is 61.5 cm³/mol. The number of hydrogen-bond acceptors (Lipinski definition) is 3. The van der Waals surface area contributed by atoms with Crippen molar-refractivity contribution in [2.45, 2.75) is 51.6 Å². The highest BCUT2D eigenvalue weighted by Gasteiger charge is 2.24. The Morgan fingerprint density at radius 2 is 1.87 bits per heavy atom. The SMILES string of the molecule is CCCS(=O)(=O)CCC1CCCCC1O. The fourth-order valence-corrected chi connectivity index (χ4v) is 3.76.